The third-order valence-electron chi connectivity index (χ3n) is 4.05. The Morgan fingerprint density at radius 2 is 2.14 bits per heavy atom. The minimum absolute atomic E-state index is 0.401. The van der Waals surface area contributed by atoms with Gasteiger partial charge in [0.05, 0.1) is 7.11 Å². The Morgan fingerprint density at radius 1 is 1.43 bits per heavy atom. The van der Waals surface area contributed by atoms with Gasteiger partial charge in [0.25, 0.3) is 0 Å². The number of rotatable bonds is 4. The smallest absolute Gasteiger partial charge is 0.424 e. The van der Waals surface area contributed by atoms with E-state index >= 15 is 0 Å². The summed E-state index contributed by atoms with van der Waals surface area (Å²) in [6.07, 6.45) is -4.09. The molecule has 0 spiro atoms. The molecular formula is C15H17F3O3. The number of hydrogen-bond acceptors (Lipinski definition) is 3. The van der Waals surface area contributed by atoms with Crippen molar-refractivity contribution in [2.75, 3.05) is 7.11 Å². The molecule has 2 rings (SSSR count). The molecule has 1 aromatic rings. The molecule has 6 heteroatoms. The van der Waals surface area contributed by atoms with Gasteiger partial charge in [0, 0.05) is 0 Å². The maximum atomic E-state index is 12.9. The first kappa shape index (κ1) is 15.8. The van der Waals surface area contributed by atoms with E-state index in [0.29, 0.717) is 18.6 Å². The molecule has 0 radical (unpaired) electrons. The van der Waals surface area contributed by atoms with Crippen molar-refractivity contribution in [3.8, 4) is 5.75 Å². The van der Waals surface area contributed by atoms with Gasteiger partial charge in [0.1, 0.15) is 5.75 Å². The van der Waals surface area contributed by atoms with E-state index in [2.05, 4.69) is 0 Å². The number of carbonyl (C=O) groups is 1. The summed E-state index contributed by atoms with van der Waals surface area (Å²) >= 11 is 0. The molecule has 21 heavy (non-hydrogen) atoms. The first-order valence-electron chi connectivity index (χ1n) is 6.73. The van der Waals surface area contributed by atoms with Gasteiger partial charge in [0.2, 0.25) is 5.60 Å². The molecule has 2 atom stereocenters. The van der Waals surface area contributed by atoms with Crippen molar-refractivity contribution in [2.45, 2.75) is 43.4 Å². The van der Waals surface area contributed by atoms with Gasteiger partial charge >= 0.3 is 6.18 Å². The quantitative estimate of drug-likeness (QED) is 0.870. The standard InChI is InChI=1S/C15H17F3O3/c1-21-13-7-3-5-11-10(4-2-6-12(11)13)8-14(20,9-19)15(16,17)18/h3,5,7,9-10,20H,2,4,6,8H2,1H3. The summed E-state index contributed by atoms with van der Waals surface area (Å²) in [6.45, 7) is 0. The van der Waals surface area contributed by atoms with Crippen LogP contribution in [0.1, 0.15) is 36.3 Å². The zero-order valence-corrected chi connectivity index (χ0v) is 11.6. The van der Waals surface area contributed by atoms with Crippen molar-refractivity contribution >= 4 is 6.29 Å². The van der Waals surface area contributed by atoms with Crippen LogP contribution in [-0.2, 0) is 11.2 Å². The Balaban J connectivity index is 2.35. The lowest BCUT2D eigenvalue weighted by Gasteiger charge is -2.33. The largest absolute Gasteiger partial charge is 0.496 e. The zero-order chi connectivity index (χ0) is 15.7. The Labute approximate surface area is 120 Å². The average molecular weight is 302 g/mol. The monoisotopic (exact) mass is 302 g/mol. The number of hydrogen-bond donors (Lipinski definition) is 1. The fourth-order valence-corrected chi connectivity index (χ4v) is 2.92. The number of halogens is 3. The van der Waals surface area contributed by atoms with Crippen LogP contribution in [0.4, 0.5) is 13.2 Å². The second-order valence-corrected chi connectivity index (χ2v) is 5.36. The van der Waals surface area contributed by atoms with Crippen molar-refractivity contribution in [3.63, 3.8) is 0 Å². The second kappa shape index (κ2) is 5.67. The predicted octanol–water partition coefficient (Wildman–Crippen LogP) is 3.00. The number of ether oxygens (including phenoxy) is 1. The Hall–Kier alpha value is -1.56. The molecule has 2 unspecified atom stereocenters. The topological polar surface area (TPSA) is 46.5 Å². The normalized spacial score (nSPS) is 21.3. The molecule has 0 amide bonds. The SMILES string of the molecule is COc1cccc2c1CCCC2CC(O)(C=O)C(F)(F)F. The third-order valence-corrected chi connectivity index (χ3v) is 4.05. The minimum atomic E-state index is -4.97. The second-order valence-electron chi connectivity index (χ2n) is 5.36. The molecule has 0 aromatic heterocycles. The Bertz CT molecular complexity index is 527. The van der Waals surface area contributed by atoms with Crippen LogP contribution in [0.5, 0.6) is 5.75 Å². The summed E-state index contributed by atoms with van der Waals surface area (Å²) < 4.78 is 43.9. The summed E-state index contributed by atoms with van der Waals surface area (Å²) in [5.41, 5.74) is -1.70. The lowest BCUT2D eigenvalue weighted by Crippen LogP contribution is -2.48. The number of aldehydes is 1. The lowest BCUT2D eigenvalue weighted by molar-refractivity contribution is -0.248. The molecule has 1 N–H and O–H groups in total. The molecule has 0 saturated carbocycles. The maximum Gasteiger partial charge on any atom is 0.424 e. The number of benzene rings is 1. The van der Waals surface area contributed by atoms with Crippen LogP contribution in [-0.4, -0.2) is 30.3 Å². The van der Waals surface area contributed by atoms with E-state index in [1.165, 1.54) is 7.11 Å². The third kappa shape index (κ3) is 2.90. The highest BCUT2D eigenvalue weighted by Gasteiger charge is 2.55. The molecule has 0 saturated heterocycles. The number of alkyl halides is 3. The van der Waals surface area contributed by atoms with E-state index in [-0.39, 0.29) is 0 Å². The van der Waals surface area contributed by atoms with Crippen molar-refractivity contribution in [2.24, 2.45) is 0 Å². The van der Waals surface area contributed by atoms with Gasteiger partial charge in [-0.15, -0.1) is 0 Å². The van der Waals surface area contributed by atoms with Crippen LogP contribution < -0.4 is 4.74 Å². The average Bonchev–Trinajstić information content (AvgIpc) is 2.45. The molecular weight excluding hydrogens is 285 g/mol. The van der Waals surface area contributed by atoms with Crippen LogP contribution in [0.2, 0.25) is 0 Å². The van der Waals surface area contributed by atoms with Gasteiger partial charge in [0.15, 0.2) is 6.29 Å². The molecule has 0 heterocycles. The van der Waals surface area contributed by atoms with Crippen LogP contribution in [0.3, 0.4) is 0 Å². The van der Waals surface area contributed by atoms with Crippen molar-refractivity contribution in [1.82, 2.24) is 0 Å². The predicted molar refractivity (Wildman–Crippen MR) is 70.4 cm³/mol. The maximum absolute atomic E-state index is 12.9. The molecule has 1 aliphatic rings. The van der Waals surface area contributed by atoms with E-state index < -0.39 is 30.4 Å². The molecule has 0 aliphatic heterocycles. The number of aliphatic hydroxyl groups is 1. The first-order valence-corrected chi connectivity index (χ1v) is 6.73. The fraction of sp³-hybridized carbons (Fsp3) is 0.533. The molecule has 3 nitrogen and oxygen atoms in total. The van der Waals surface area contributed by atoms with Crippen molar-refractivity contribution < 1.29 is 27.8 Å². The van der Waals surface area contributed by atoms with Crippen molar-refractivity contribution in [3.05, 3.63) is 29.3 Å². The van der Waals surface area contributed by atoms with E-state index in [1.54, 1.807) is 18.2 Å². The summed E-state index contributed by atoms with van der Waals surface area (Å²) in [4.78, 5) is 10.8. The number of carbonyl (C=O) groups excluding carboxylic acids is 1. The van der Waals surface area contributed by atoms with Crippen molar-refractivity contribution in [1.29, 1.82) is 0 Å². The summed E-state index contributed by atoms with van der Waals surface area (Å²) in [5.74, 6) is 0.125. The number of methoxy groups -OCH3 is 1. The summed E-state index contributed by atoms with van der Waals surface area (Å²) in [7, 11) is 1.51. The first-order chi connectivity index (χ1) is 9.82. The van der Waals surface area contributed by atoms with Crippen LogP contribution >= 0.6 is 0 Å². The highest BCUT2D eigenvalue weighted by molar-refractivity contribution is 5.64. The van der Waals surface area contributed by atoms with Gasteiger partial charge in [-0.1, -0.05) is 12.1 Å². The van der Waals surface area contributed by atoms with Gasteiger partial charge in [-0.3, -0.25) is 4.79 Å². The summed E-state index contributed by atoms with van der Waals surface area (Å²) in [6, 6.07) is 5.21. The van der Waals surface area contributed by atoms with Crippen LogP contribution in [0, 0.1) is 0 Å². The van der Waals surface area contributed by atoms with E-state index in [1.807, 2.05) is 0 Å². The van der Waals surface area contributed by atoms with Gasteiger partial charge < -0.3 is 9.84 Å². The molecule has 0 fully saturated rings. The zero-order valence-electron chi connectivity index (χ0n) is 11.6. The number of fused-ring (bicyclic) bond motifs is 1. The van der Waals surface area contributed by atoms with Crippen LogP contribution in [0.25, 0.3) is 0 Å². The molecule has 116 valence electrons. The summed E-state index contributed by atoms with van der Waals surface area (Å²) in [5, 5.41) is 9.64. The fourth-order valence-electron chi connectivity index (χ4n) is 2.92. The highest BCUT2D eigenvalue weighted by atomic mass is 19.4. The van der Waals surface area contributed by atoms with Crippen LogP contribution in [0.15, 0.2) is 18.2 Å². The highest BCUT2D eigenvalue weighted by Crippen LogP contribution is 2.43. The molecule has 0 bridgehead atoms. The minimum Gasteiger partial charge on any atom is -0.496 e. The van der Waals surface area contributed by atoms with Gasteiger partial charge in [-0.05, 0) is 48.8 Å². The van der Waals surface area contributed by atoms with E-state index in [9.17, 15) is 23.1 Å². The lowest BCUT2D eigenvalue weighted by atomic mass is 9.76. The van der Waals surface area contributed by atoms with Gasteiger partial charge in [-0.2, -0.15) is 13.2 Å². The molecule has 1 aromatic carbocycles. The van der Waals surface area contributed by atoms with E-state index in [4.69, 9.17) is 4.74 Å². The van der Waals surface area contributed by atoms with E-state index in [0.717, 1.165) is 17.5 Å². The van der Waals surface area contributed by atoms with Gasteiger partial charge in [-0.25, -0.2) is 0 Å². The molecule has 1 aliphatic carbocycles. The Kier molecular flexibility index (Phi) is 4.27. The Morgan fingerprint density at radius 3 is 2.71 bits per heavy atom.